The zero-order chi connectivity index (χ0) is 17.8. The number of nitrogens with one attached hydrogen (secondary N) is 1. The van der Waals surface area contributed by atoms with E-state index in [0.29, 0.717) is 12.2 Å². The summed E-state index contributed by atoms with van der Waals surface area (Å²) in [6.07, 6.45) is 0. The standard InChI is InChI=1S/C19H21ClFN3O/c1-14-5-6-15(20)11-18(14)24-9-7-23(8-10-24)13-19(25)22-17-4-2-3-16(21)12-17/h2-6,11-12H,7-10,13H2,1H3,(H,22,25). The van der Waals surface area contributed by atoms with Gasteiger partial charge in [0.15, 0.2) is 0 Å². The first-order chi connectivity index (χ1) is 12.0. The van der Waals surface area contributed by atoms with E-state index in [1.807, 2.05) is 18.2 Å². The lowest BCUT2D eigenvalue weighted by Crippen LogP contribution is -2.48. The number of hydrogen-bond donors (Lipinski definition) is 1. The third-order valence-electron chi connectivity index (χ3n) is 4.36. The number of benzene rings is 2. The number of carbonyl (C=O) groups excluding carboxylic acids is 1. The van der Waals surface area contributed by atoms with Crippen molar-refractivity contribution in [3.63, 3.8) is 0 Å². The summed E-state index contributed by atoms with van der Waals surface area (Å²) in [4.78, 5) is 16.5. The molecule has 1 fully saturated rings. The maximum Gasteiger partial charge on any atom is 0.238 e. The molecule has 4 nitrogen and oxygen atoms in total. The number of hydrogen-bond acceptors (Lipinski definition) is 3. The minimum absolute atomic E-state index is 0.127. The number of piperazine rings is 1. The van der Waals surface area contributed by atoms with Crippen molar-refractivity contribution in [1.82, 2.24) is 4.90 Å². The van der Waals surface area contributed by atoms with Crippen LogP contribution in [-0.2, 0) is 4.79 Å². The molecule has 132 valence electrons. The van der Waals surface area contributed by atoms with Gasteiger partial charge < -0.3 is 10.2 Å². The molecule has 1 heterocycles. The predicted molar refractivity (Wildman–Crippen MR) is 99.9 cm³/mol. The second-order valence-corrected chi connectivity index (χ2v) is 6.69. The molecule has 3 rings (SSSR count). The molecule has 0 bridgehead atoms. The van der Waals surface area contributed by atoms with Gasteiger partial charge in [-0.3, -0.25) is 9.69 Å². The van der Waals surface area contributed by atoms with Crippen molar-refractivity contribution in [3.8, 4) is 0 Å². The number of rotatable bonds is 4. The molecule has 1 saturated heterocycles. The lowest BCUT2D eigenvalue weighted by molar-refractivity contribution is -0.117. The summed E-state index contributed by atoms with van der Waals surface area (Å²) < 4.78 is 13.2. The van der Waals surface area contributed by atoms with E-state index in [9.17, 15) is 9.18 Å². The van der Waals surface area contributed by atoms with Crippen LogP contribution >= 0.6 is 11.6 Å². The van der Waals surface area contributed by atoms with E-state index in [-0.39, 0.29) is 11.7 Å². The molecule has 25 heavy (non-hydrogen) atoms. The summed E-state index contributed by atoms with van der Waals surface area (Å²) in [6, 6.07) is 11.8. The maximum absolute atomic E-state index is 13.2. The number of carbonyl (C=O) groups is 1. The van der Waals surface area contributed by atoms with E-state index in [0.717, 1.165) is 36.9 Å². The summed E-state index contributed by atoms with van der Waals surface area (Å²) in [5.41, 5.74) is 2.83. The minimum atomic E-state index is -0.358. The molecule has 1 aliphatic heterocycles. The zero-order valence-electron chi connectivity index (χ0n) is 14.1. The Morgan fingerprint density at radius 3 is 2.64 bits per heavy atom. The summed E-state index contributed by atoms with van der Waals surface area (Å²) >= 11 is 6.10. The van der Waals surface area contributed by atoms with Gasteiger partial charge in [-0.25, -0.2) is 4.39 Å². The van der Waals surface area contributed by atoms with E-state index >= 15 is 0 Å². The summed E-state index contributed by atoms with van der Waals surface area (Å²) in [6.45, 7) is 5.65. The van der Waals surface area contributed by atoms with Gasteiger partial charge in [0, 0.05) is 42.6 Å². The van der Waals surface area contributed by atoms with Gasteiger partial charge in [-0.1, -0.05) is 23.7 Å². The molecule has 1 N–H and O–H groups in total. The molecule has 2 aromatic carbocycles. The average Bonchev–Trinajstić information content (AvgIpc) is 2.58. The molecule has 0 saturated carbocycles. The van der Waals surface area contributed by atoms with E-state index in [2.05, 4.69) is 22.0 Å². The molecule has 2 aromatic rings. The van der Waals surface area contributed by atoms with Crippen LogP contribution in [0.2, 0.25) is 5.02 Å². The lowest BCUT2D eigenvalue weighted by Gasteiger charge is -2.36. The van der Waals surface area contributed by atoms with Gasteiger partial charge in [0.05, 0.1) is 6.54 Å². The topological polar surface area (TPSA) is 35.6 Å². The molecule has 6 heteroatoms. The molecule has 0 spiro atoms. The molecule has 1 amide bonds. The van der Waals surface area contributed by atoms with Crippen LogP contribution in [0.1, 0.15) is 5.56 Å². The normalized spacial score (nSPS) is 15.2. The van der Waals surface area contributed by atoms with E-state index in [1.54, 1.807) is 12.1 Å². The predicted octanol–water partition coefficient (Wildman–Crippen LogP) is 3.55. The molecular formula is C19H21ClFN3O. The molecule has 0 aromatic heterocycles. The third-order valence-corrected chi connectivity index (χ3v) is 4.59. The van der Waals surface area contributed by atoms with Crippen LogP contribution in [0.4, 0.5) is 15.8 Å². The van der Waals surface area contributed by atoms with Crippen LogP contribution in [0.25, 0.3) is 0 Å². The smallest absolute Gasteiger partial charge is 0.238 e. The minimum Gasteiger partial charge on any atom is -0.369 e. The Hall–Kier alpha value is -2.11. The van der Waals surface area contributed by atoms with Crippen LogP contribution in [0.3, 0.4) is 0 Å². The van der Waals surface area contributed by atoms with Crippen LogP contribution < -0.4 is 10.2 Å². The summed E-state index contributed by atoms with van der Waals surface area (Å²) in [5.74, 6) is -0.485. The maximum atomic E-state index is 13.2. The number of amides is 1. The number of anilines is 2. The molecule has 0 atom stereocenters. The van der Waals surface area contributed by atoms with Crippen molar-refractivity contribution in [3.05, 3.63) is 58.9 Å². The first kappa shape index (κ1) is 17.7. The van der Waals surface area contributed by atoms with Gasteiger partial charge in [0.2, 0.25) is 5.91 Å². The highest BCUT2D eigenvalue weighted by Gasteiger charge is 2.20. The van der Waals surface area contributed by atoms with Crippen molar-refractivity contribution >= 4 is 28.9 Å². The van der Waals surface area contributed by atoms with Crippen LogP contribution in [-0.4, -0.2) is 43.5 Å². The number of aryl methyl sites for hydroxylation is 1. The van der Waals surface area contributed by atoms with Crippen LogP contribution in [0.5, 0.6) is 0 Å². The molecular weight excluding hydrogens is 341 g/mol. The Morgan fingerprint density at radius 2 is 1.92 bits per heavy atom. The third kappa shape index (κ3) is 4.71. The van der Waals surface area contributed by atoms with Crippen LogP contribution in [0.15, 0.2) is 42.5 Å². The number of halogens is 2. The molecule has 1 aliphatic rings. The zero-order valence-corrected chi connectivity index (χ0v) is 14.9. The van der Waals surface area contributed by atoms with Crippen molar-refractivity contribution in [1.29, 1.82) is 0 Å². The van der Waals surface area contributed by atoms with E-state index < -0.39 is 0 Å². The van der Waals surface area contributed by atoms with Crippen molar-refractivity contribution < 1.29 is 9.18 Å². The Bertz CT molecular complexity index is 760. The Kier molecular flexibility index (Phi) is 5.56. The highest BCUT2D eigenvalue weighted by Crippen LogP contribution is 2.25. The first-order valence-electron chi connectivity index (χ1n) is 8.30. The first-order valence-corrected chi connectivity index (χ1v) is 8.68. The van der Waals surface area contributed by atoms with Gasteiger partial charge in [-0.15, -0.1) is 0 Å². The fourth-order valence-electron chi connectivity index (χ4n) is 3.04. The highest BCUT2D eigenvalue weighted by molar-refractivity contribution is 6.30. The largest absolute Gasteiger partial charge is 0.369 e. The summed E-state index contributed by atoms with van der Waals surface area (Å²) in [5, 5.41) is 3.47. The van der Waals surface area contributed by atoms with E-state index in [4.69, 9.17) is 11.6 Å². The monoisotopic (exact) mass is 361 g/mol. The molecule has 0 unspecified atom stereocenters. The van der Waals surface area contributed by atoms with Crippen LogP contribution in [0, 0.1) is 12.7 Å². The second-order valence-electron chi connectivity index (χ2n) is 6.25. The lowest BCUT2D eigenvalue weighted by atomic mass is 10.1. The SMILES string of the molecule is Cc1ccc(Cl)cc1N1CCN(CC(=O)Nc2cccc(F)c2)CC1. The number of nitrogens with zero attached hydrogens (tertiary/aromatic N) is 2. The Balaban J connectivity index is 1.52. The fourth-order valence-corrected chi connectivity index (χ4v) is 3.21. The Labute approximate surface area is 152 Å². The van der Waals surface area contributed by atoms with E-state index in [1.165, 1.54) is 17.7 Å². The van der Waals surface area contributed by atoms with Gasteiger partial charge in [0.25, 0.3) is 0 Å². The van der Waals surface area contributed by atoms with Gasteiger partial charge in [-0.05, 0) is 42.8 Å². The second kappa shape index (κ2) is 7.85. The van der Waals surface area contributed by atoms with Crippen molar-refractivity contribution in [2.75, 3.05) is 42.9 Å². The van der Waals surface area contributed by atoms with Crippen molar-refractivity contribution in [2.45, 2.75) is 6.92 Å². The fraction of sp³-hybridized carbons (Fsp3) is 0.316. The quantitative estimate of drug-likeness (QED) is 0.904. The molecule has 0 radical (unpaired) electrons. The average molecular weight is 362 g/mol. The van der Waals surface area contributed by atoms with Gasteiger partial charge in [-0.2, -0.15) is 0 Å². The highest BCUT2D eigenvalue weighted by atomic mass is 35.5. The van der Waals surface area contributed by atoms with Crippen molar-refractivity contribution in [2.24, 2.45) is 0 Å². The van der Waals surface area contributed by atoms with Gasteiger partial charge >= 0.3 is 0 Å². The summed E-state index contributed by atoms with van der Waals surface area (Å²) in [7, 11) is 0. The molecule has 0 aliphatic carbocycles. The Morgan fingerprint density at radius 1 is 1.16 bits per heavy atom. The van der Waals surface area contributed by atoms with Gasteiger partial charge in [0.1, 0.15) is 5.82 Å².